The van der Waals surface area contributed by atoms with Crippen molar-refractivity contribution in [1.82, 2.24) is 0 Å². The van der Waals surface area contributed by atoms with Crippen LogP contribution in [0, 0.1) is 2.88 Å². The molecule has 17 heavy (non-hydrogen) atoms. The fourth-order valence-corrected chi connectivity index (χ4v) is 5.25. The van der Waals surface area contributed by atoms with Crippen LogP contribution in [-0.2, 0) is 0 Å². The Balaban J connectivity index is 1.88. The maximum absolute atomic E-state index is 6.00. The van der Waals surface area contributed by atoms with Crippen molar-refractivity contribution in [1.29, 1.82) is 0 Å². The first-order valence-electron chi connectivity index (χ1n) is 5.99. The molecule has 0 aliphatic carbocycles. The van der Waals surface area contributed by atoms with Crippen LogP contribution in [0.5, 0.6) is 11.5 Å². The zero-order chi connectivity index (χ0) is 12.3. The molecule has 0 saturated heterocycles. The van der Waals surface area contributed by atoms with Crippen LogP contribution in [0.2, 0.25) is 0 Å². The normalized spacial score (nSPS) is 18.4. The van der Waals surface area contributed by atoms with Gasteiger partial charge in [0.15, 0.2) is 11.5 Å². The lowest BCUT2D eigenvalue weighted by molar-refractivity contribution is 0.0827. The SMILES string of the molecule is CCCCCCC1COc2c(I)sc(Br)c2O1. The van der Waals surface area contributed by atoms with Gasteiger partial charge in [0.05, 0.1) is 0 Å². The third-order valence-corrected chi connectivity index (χ3v) is 5.55. The molecule has 0 bridgehead atoms. The molecule has 1 aliphatic rings. The highest BCUT2D eigenvalue weighted by Crippen LogP contribution is 2.48. The van der Waals surface area contributed by atoms with E-state index in [1.807, 2.05) is 0 Å². The van der Waals surface area contributed by atoms with Crippen LogP contribution in [0.15, 0.2) is 3.79 Å². The van der Waals surface area contributed by atoms with Crippen LogP contribution in [0.3, 0.4) is 0 Å². The van der Waals surface area contributed by atoms with Crippen molar-refractivity contribution in [3.63, 3.8) is 0 Å². The summed E-state index contributed by atoms with van der Waals surface area (Å²) < 4.78 is 14.0. The monoisotopic (exact) mass is 430 g/mol. The van der Waals surface area contributed by atoms with Gasteiger partial charge in [-0.3, -0.25) is 0 Å². The molecule has 0 fully saturated rings. The standard InChI is InChI=1S/C12H16BrIO2S/c1-2-3-4-5-6-8-7-15-10-9(16-8)11(13)17-12(10)14/h8H,2-7H2,1H3. The van der Waals surface area contributed by atoms with Gasteiger partial charge < -0.3 is 9.47 Å². The fraction of sp³-hybridized carbons (Fsp3) is 0.667. The molecule has 0 saturated carbocycles. The van der Waals surface area contributed by atoms with E-state index in [9.17, 15) is 0 Å². The Morgan fingerprint density at radius 2 is 2.18 bits per heavy atom. The van der Waals surface area contributed by atoms with Crippen LogP contribution >= 0.6 is 49.9 Å². The summed E-state index contributed by atoms with van der Waals surface area (Å²) in [6.07, 6.45) is 6.44. The highest BCUT2D eigenvalue weighted by Gasteiger charge is 2.27. The topological polar surface area (TPSA) is 18.5 Å². The summed E-state index contributed by atoms with van der Waals surface area (Å²) in [5, 5.41) is 0. The molecule has 1 atom stereocenters. The third-order valence-electron chi connectivity index (χ3n) is 2.82. The molecule has 0 amide bonds. The summed E-state index contributed by atoms with van der Waals surface area (Å²) >= 11 is 7.50. The lowest BCUT2D eigenvalue weighted by Crippen LogP contribution is -2.28. The summed E-state index contributed by atoms with van der Waals surface area (Å²) in [4.78, 5) is 0. The quantitative estimate of drug-likeness (QED) is 0.470. The van der Waals surface area contributed by atoms with Gasteiger partial charge in [-0.2, -0.15) is 0 Å². The van der Waals surface area contributed by atoms with Gasteiger partial charge in [-0.25, -0.2) is 0 Å². The molecular formula is C12H16BrIO2S. The van der Waals surface area contributed by atoms with Gasteiger partial charge in [0.1, 0.15) is 19.4 Å². The van der Waals surface area contributed by atoms with E-state index in [0.29, 0.717) is 6.61 Å². The van der Waals surface area contributed by atoms with E-state index in [2.05, 4.69) is 45.4 Å². The Labute approximate surface area is 128 Å². The molecule has 1 aromatic rings. The van der Waals surface area contributed by atoms with Crippen LogP contribution < -0.4 is 9.47 Å². The first-order valence-corrected chi connectivity index (χ1v) is 8.68. The van der Waals surface area contributed by atoms with E-state index in [-0.39, 0.29) is 6.10 Å². The second-order valence-corrected chi connectivity index (χ2v) is 8.36. The molecule has 96 valence electrons. The second-order valence-electron chi connectivity index (χ2n) is 4.21. The van der Waals surface area contributed by atoms with Gasteiger partial charge in [-0.05, 0) is 51.4 Å². The van der Waals surface area contributed by atoms with Crippen LogP contribution in [0.25, 0.3) is 0 Å². The zero-order valence-corrected chi connectivity index (χ0v) is 14.4. The van der Waals surface area contributed by atoms with Crippen molar-refractivity contribution in [3.8, 4) is 11.5 Å². The molecule has 0 radical (unpaired) electrons. The number of rotatable bonds is 5. The number of halogens is 2. The largest absolute Gasteiger partial charge is 0.484 e. The van der Waals surface area contributed by atoms with Crippen molar-refractivity contribution in [2.75, 3.05) is 6.61 Å². The van der Waals surface area contributed by atoms with E-state index in [4.69, 9.17) is 9.47 Å². The first kappa shape index (κ1) is 13.9. The highest BCUT2D eigenvalue weighted by atomic mass is 127. The Bertz CT molecular complexity index is 381. The van der Waals surface area contributed by atoms with E-state index >= 15 is 0 Å². The minimum absolute atomic E-state index is 0.223. The van der Waals surface area contributed by atoms with Gasteiger partial charge in [0, 0.05) is 0 Å². The van der Waals surface area contributed by atoms with Crippen molar-refractivity contribution >= 4 is 49.9 Å². The van der Waals surface area contributed by atoms with Gasteiger partial charge in [0.2, 0.25) is 0 Å². The summed E-state index contributed by atoms with van der Waals surface area (Å²) in [6, 6.07) is 0. The zero-order valence-electron chi connectivity index (χ0n) is 9.80. The molecule has 2 heterocycles. The van der Waals surface area contributed by atoms with E-state index in [1.54, 1.807) is 11.3 Å². The smallest absolute Gasteiger partial charge is 0.187 e. The van der Waals surface area contributed by atoms with Crippen molar-refractivity contribution in [3.05, 3.63) is 6.67 Å². The number of ether oxygens (including phenoxy) is 2. The summed E-state index contributed by atoms with van der Waals surface area (Å²) in [6.45, 7) is 2.93. The molecule has 1 aliphatic heterocycles. The number of fused-ring (bicyclic) bond motifs is 1. The Hall–Kier alpha value is 0.510. The fourth-order valence-electron chi connectivity index (χ4n) is 1.89. The molecule has 0 spiro atoms. The van der Waals surface area contributed by atoms with E-state index < -0.39 is 0 Å². The summed E-state index contributed by atoms with van der Waals surface area (Å²) in [5.41, 5.74) is 0. The first-order chi connectivity index (χ1) is 8.22. The highest BCUT2D eigenvalue weighted by molar-refractivity contribution is 14.1. The predicted molar refractivity (Wildman–Crippen MR) is 83.4 cm³/mol. The Kier molecular flexibility index (Phi) is 5.42. The maximum Gasteiger partial charge on any atom is 0.187 e. The minimum atomic E-state index is 0.223. The molecule has 2 nitrogen and oxygen atoms in total. The Morgan fingerprint density at radius 1 is 1.35 bits per heavy atom. The van der Waals surface area contributed by atoms with Crippen LogP contribution in [0.4, 0.5) is 0 Å². The van der Waals surface area contributed by atoms with E-state index in [1.165, 1.54) is 25.7 Å². The van der Waals surface area contributed by atoms with Crippen molar-refractivity contribution in [2.45, 2.75) is 45.1 Å². The van der Waals surface area contributed by atoms with Crippen molar-refractivity contribution < 1.29 is 9.47 Å². The second kappa shape index (κ2) is 6.61. The van der Waals surface area contributed by atoms with E-state index in [0.717, 1.165) is 24.6 Å². The Morgan fingerprint density at radius 3 is 2.94 bits per heavy atom. The lowest BCUT2D eigenvalue weighted by atomic mass is 10.1. The molecule has 5 heteroatoms. The minimum Gasteiger partial charge on any atom is -0.484 e. The lowest BCUT2D eigenvalue weighted by Gasteiger charge is -2.25. The molecule has 2 rings (SSSR count). The molecule has 0 aromatic carbocycles. The van der Waals surface area contributed by atoms with Crippen LogP contribution in [-0.4, -0.2) is 12.7 Å². The maximum atomic E-state index is 6.00. The molecule has 1 unspecified atom stereocenters. The van der Waals surface area contributed by atoms with Gasteiger partial charge >= 0.3 is 0 Å². The number of thiophene rings is 1. The van der Waals surface area contributed by atoms with Crippen LogP contribution in [0.1, 0.15) is 39.0 Å². The van der Waals surface area contributed by atoms with Crippen molar-refractivity contribution in [2.24, 2.45) is 0 Å². The predicted octanol–water partition coefficient (Wildman–Crippen LogP) is 5.23. The number of hydrogen-bond donors (Lipinski definition) is 0. The van der Waals surface area contributed by atoms with Gasteiger partial charge in [-0.1, -0.05) is 26.2 Å². The summed E-state index contributed by atoms with van der Waals surface area (Å²) in [7, 11) is 0. The average molecular weight is 431 g/mol. The third kappa shape index (κ3) is 3.50. The molecule has 0 N–H and O–H groups in total. The van der Waals surface area contributed by atoms with Gasteiger partial charge in [0.25, 0.3) is 0 Å². The average Bonchev–Trinajstić information content (AvgIpc) is 2.61. The van der Waals surface area contributed by atoms with Gasteiger partial charge in [-0.15, -0.1) is 11.3 Å². The number of hydrogen-bond acceptors (Lipinski definition) is 3. The molecular weight excluding hydrogens is 415 g/mol. The number of unbranched alkanes of at least 4 members (excludes halogenated alkanes) is 3. The summed E-state index contributed by atoms with van der Waals surface area (Å²) in [5.74, 6) is 1.83. The molecule has 1 aromatic heterocycles.